The van der Waals surface area contributed by atoms with E-state index in [1.54, 1.807) is 42.5 Å². The van der Waals surface area contributed by atoms with E-state index in [0.29, 0.717) is 29.0 Å². The third-order valence-corrected chi connectivity index (χ3v) is 4.10. The number of likely N-dealkylation sites (N-methyl/N-ethyl adjacent to an activating group) is 1. The molecule has 0 atom stereocenters. The van der Waals surface area contributed by atoms with Crippen LogP contribution in [0.5, 0.6) is 11.5 Å². The van der Waals surface area contributed by atoms with Crippen LogP contribution in [0.1, 0.15) is 10.4 Å². The molecule has 2 aromatic rings. The fourth-order valence-corrected chi connectivity index (χ4v) is 2.58. The van der Waals surface area contributed by atoms with Crippen molar-refractivity contribution >= 4 is 39.7 Å². The summed E-state index contributed by atoms with van der Waals surface area (Å²) in [6.07, 6.45) is 0.649. The van der Waals surface area contributed by atoms with Crippen molar-refractivity contribution in [3.05, 3.63) is 52.5 Å². The van der Waals surface area contributed by atoms with Crippen molar-refractivity contribution in [2.75, 3.05) is 32.6 Å². The molecule has 0 unspecified atom stereocenters. The summed E-state index contributed by atoms with van der Waals surface area (Å²) in [5.41, 5.74) is 0.900. The van der Waals surface area contributed by atoms with Gasteiger partial charge in [-0.1, -0.05) is 22.0 Å². The van der Waals surface area contributed by atoms with Gasteiger partial charge in [-0.3, -0.25) is 14.4 Å². The van der Waals surface area contributed by atoms with Gasteiger partial charge in [0.05, 0.1) is 19.2 Å². The van der Waals surface area contributed by atoms with Crippen molar-refractivity contribution in [1.29, 1.82) is 0 Å². The highest BCUT2D eigenvalue weighted by Gasteiger charge is 2.15. The second-order valence-electron chi connectivity index (χ2n) is 5.62. The van der Waals surface area contributed by atoms with E-state index in [1.165, 1.54) is 19.1 Å². The van der Waals surface area contributed by atoms with Crippen LogP contribution >= 0.6 is 15.9 Å². The average Bonchev–Trinajstić information content (AvgIpc) is 2.66. The Kier molecular flexibility index (Phi) is 7.36. The van der Waals surface area contributed by atoms with Crippen LogP contribution in [0, 0.1) is 0 Å². The molecule has 142 valence electrons. The molecule has 8 heteroatoms. The Morgan fingerprint density at radius 1 is 1.22 bits per heavy atom. The molecule has 0 saturated carbocycles. The molecule has 0 heterocycles. The zero-order chi connectivity index (χ0) is 19.8. The first-order valence-corrected chi connectivity index (χ1v) is 8.77. The number of halogens is 1. The lowest BCUT2D eigenvalue weighted by atomic mass is 10.2. The molecule has 7 nitrogen and oxygen atoms in total. The van der Waals surface area contributed by atoms with E-state index in [2.05, 4.69) is 21.2 Å². The number of hydrogen-bond acceptors (Lipinski definition) is 5. The number of methoxy groups -OCH3 is 1. The summed E-state index contributed by atoms with van der Waals surface area (Å²) in [6, 6.07) is 11.8. The zero-order valence-corrected chi connectivity index (χ0v) is 16.5. The third kappa shape index (κ3) is 6.10. The minimum atomic E-state index is -0.393. The Hall–Kier alpha value is -2.87. The molecule has 0 aliphatic rings. The van der Waals surface area contributed by atoms with Gasteiger partial charge in [-0.25, -0.2) is 0 Å². The molecule has 0 fully saturated rings. The van der Waals surface area contributed by atoms with Crippen molar-refractivity contribution < 1.29 is 23.9 Å². The van der Waals surface area contributed by atoms with E-state index in [1.807, 2.05) is 0 Å². The number of anilines is 1. The molecule has 1 N–H and O–H groups in total. The number of rotatable bonds is 8. The maximum atomic E-state index is 12.2. The van der Waals surface area contributed by atoms with Gasteiger partial charge in [0.25, 0.3) is 5.91 Å². The Morgan fingerprint density at radius 2 is 2.00 bits per heavy atom. The highest BCUT2D eigenvalue weighted by molar-refractivity contribution is 9.10. The molecule has 27 heavy (non-hydrogen) atoms. The summed E-state index contributed by atoms with van der Waals surface area (Å²) in [6.45, 7) is -0.425. The normalized spacial score (nSPS) is 10.0. The second-order valence-corrected chi connectivity index (χ2v) is 6.53. The van der Waals surface area contributed by atoms with Crippen molar-refractivity contribution in [1.82, 2.24) is 4.90 Å². The topological polar surface area (TPSA) is 84.9 Å². The molecule has 0 aliphatic heterocycles. The molecular weight excluding hydrogens is 416 g/mol. The minimum Gasteiger partial charge on any atom is -0.497 e. The van der Waals surface area contributed by atoms with E-state index in [0.717, 1.165) is 4.47 Å². The smallest absolute Gasteiger partial charge is 0.260 e. The predicted molar refractivity (Wildman–Crippen MR) is 104 cm³/mol. The first-order valence-electron chi connectivity index (χ1n) is 7.98. The first kappa shape index (κ1) is 20.4. The van der Waals surface area contributed by atoms with Crippen molar-refractivity contribution in [2.45, 2.75) is 0 Å². The number of nitrogens with one attached hydrogen (secondary N) is 1. The SMILES string of the molecule is COc1cccc(NC(=O)CN(C)C(=O)COc2ccc(Br)cc2C=O)c1. The van der Waals surface area contributed by atoms with E-state index < -0.39 is 5.91 Å². The molecule has 0 aliphatic carbocycles. The summed E-state index contributed by atoms with van der Waals surface area (Å²) in [4.78, 5) is 36.6. The van der Waals surface area contributed by atoms with E-state index >= 15 is 0 Å². The van der Waals surface area contributed by atoms with E-state index in [4.69, 9.17) is 9.47 Å². The largest absolute Gasteiger partial charge is 0.497 e. The van der Waals surface area contributed by atoms with Gasteiger partial charge in [0.15, 0.2) is 12.9 Å². The Labute approximate surface area is 165 Å². The number of carbonyl (C=O) groups is 3. The lowest BCUT2D eigenvalue weighted by Crippen LogP contribution is -2.37. The summed E-state index contributed by atoms with van der Waals surface area (Å²) in [7, 11) is 3.04. The molecule has 2 amide bonds. The number of nitrogens with zero attached hydrogens (tertiary/aromatic N) is 1. The highest BCUT2D eigenvalue weighted by Crippen LogP contribution is 2.21. The van der Waals surface area contributed by atoms with Gasteiger partial charge in [0.2, 0.25) is 5.91 Å². The van der Waals surface area contributed by atoms with Crippen LogP contribution in [0.25, 0.3) is 0 Å². The van der Waals surface area contributed by atoms with E-state index in [-0.39, 0.29) is 19.1 Å². The van der Waals surface area contributed by atoms with Gasteiger partial charge >= 0.3 is 0 Å². The fourth-order valence-electron chi connectivity index (χ4n) is 2.20. The Morgan fingerprint density at radius 3 is 2.70 bits per heavy atom. The minimum absolute atomic E-state index is 0.139. The Bertz CT molecular complexity index is 841. The van der Waals surface area contributed by atoms with Crippen LogP contribution in [0.2, 0.25) is 0 Å². The van der Waals surface area contributed by atoms with Gasteiger partial charge < -0.3 is 19.7 Å². The fraction of sp³-hybridized carbons (Fsp3) is 0.211. The van der Waals surface area contributed by atoms with Gasteiger partial charge in [0.1, 0.15) is 11.5 Å². The van der Waals surface area contributed by atoms with Crippen LogP contribution in [0.4, 0.5) is 5.69 Å². The van der Waals surface area contributed by atoms with Crippen LogP contribution < -0.4 is 14.8 Å². The molecule has 0 aromatic heterocycles. The summed E-state index contributed by atoms with van der Waals surface area (Å²) in [5, 5.41) is 2.70. The quantitative estimate of drug-likeness (QED) is 0.645. The van der Waals surface area contributed by atoms with Crippen LogP contribution in [-0.2, 0) is 9.59 Å². The summed E-state index contributed by atoms with van der Waals surface area (Å²) >= 11 is 3.26. The van der Waals surface area contributed by atoms with Crippen molar-refractivity contribution in [2.24, 2.45) is 0 Å². The standard InChI is InChI=1S/C19H19BrN2O5/c1-22(10-18(24)21-15-4-3-5-16(9-15)26-2)19(25)12-27-17-7-6-14(20)8-13(17)11-23/h3-9,11H,10,12H2,1-2H3,(H,21,24). The van der Waals surface area contributed by atoms with Gasteiger partial charge in [-0.15, -0.1) is 0 Å². The number of ether oxygens (including phenoxy) is 2. The lowest BCUT2D eigenvalue weighted by molar-refractivity contribution is -0.135. The molecule has 0 saturated heterocycles. The van der Waals surface area contributed by atoms with Crippen LogP contribution in [0.15, 0.2) is 46.9 Å². The number of aldehydes is 1. The summed E-state index contributed by atoms with van der Waals surface area (Å²) < 4.78 is 11.2. The molecule has 0 bridgehead atoms. The van der Waals surface area contributed by atoms with Crippen LogP contribution in [0.3, 0.4) is 0 Å². The van der Waals surface area contributed by atoms with Crippen molar-refractivity contribution in [3.63, 3.8) is 0 Å². The van der Waals surface area contributed by atoms with Gasteiger partial charge in [-0.2, -0.15) is 0 Å². The monoisotopic (exact) mass is 434 g/mol. The molecule has 0 spiro atoms. The molecular formula is C19H19BrN2O5. The maximum Gasteiger partial charge on any atom is 0.260 e. The first-order chi connectivity index (χ1) is 12.9. The average molecular weight is 435 g/mol. The summed E-state index contributed by atoms with van der Waals surface area (Å²) in [5.74, 6) is 0.175. The van der Waals surface area contributed by atoms with Crippen LogP contribution in [-0.4, -0.2) is 50.3 Å². The molecule has 2 rings (SSSR count). The zero-order valence-electron chi connectivity index (χ0n) is 14.9. The third-order valence-electron chi connectivity index (χ3n) is 3.61. The van der Waals surface area contributed by atoms with E-state index in [9.17, 15) is 14.4 Å². The van der Waals surface area contributed by atoms with Crippen molar-refractivity contribution in [3.8, 4) is 11.5 Å². The molecule has 2 aromatic carbocycles. The number of benzene rings is 2. The molecule has 0 radical (unpaired) electrons. The van der Waals surface area contributed by atoms with Gasteiger partial charge in [-0.05, 0) is 30.3 Å². The predicted octanol–water partition coefficient (Wildman–Crippen LogP) is 2.75. The highest BCUT2D eigenvalue weighted by atomic mass is 79.9. The maximum absolute atomic E-state index is 12.2. The lowest BCUT2D eigenvalue weighted by Gasteiger charge is -2.17. The second kappa shape index (κ2) is 9.72. The Balaban J connectivity index is 1.87. The number of amides is 2. The number of hydrogen-bond donors (Lipinski definition) is 1. The number of carbonyl (C=O) groups excluding carboxylic acids is 3. The van der Waals surface area contributed by atoms with Gasteiger partial charge in [0, 0.05) is 23.3 Å².